The fraction of sp³-hybridized carbons (Fsp3) is 0.417. The van der Waals surface area contributed by atoms with Crippen LogP contribution in [0.3, 0.4) is 0 Å². The van der Waals surface area contributed by atoms with E-state index in [9.17, 15) is 4.79 Å². The van der Waals surface area contributed by atoms with Crippen molar-refractivity contribution in [1.29, 1.82) is 0 Å². The number of halogens is 1. The summed E-state index contributed by atoms with van der Waals surface area (Å²) in [5.74, 6) is 0.563. The van der Waals surface area contributed by atoms with E-state index in [1.54, 1.807) is 6.08 Å². The zero-order valence-corrected chi connectivity index (χ0v) is 11.5. The molecule has 0 radical (unpaired) electrons. The normalized spacial score (nSPS) is 19.9. The van der Waals surface area contributed by atoms with Gasteiger partial charge in [-0.05, 0) is 53.6 Å². The summed E-state index contributed by atoms with van der Waals surface area (Å²) in [4.78, 5) is 11.5. The van der Waals surface area contributed by atoms with Crippen molar-refractivity contribution in [1.82, 2.24) is 5.32 Å². The third-order valence-electron chi connectivity index (χ3n) is 2.52. The van der Waals surface area contributed by atoms with E-state index in [0.29, 0.717) is 12.3 Å². The van der Waals surface area contributed by atoms with Crippen molar-refractivity contribution in [2.45, 2.75) is 18.9 Å². The number of hydrogen-bond donors (Lipinski definition) is 1. The fourth-order valence-electron chi connectivity index (χ4n) is 1.65. The Balaban J connectivity index is 1.74. The highest BCUT2D eigenvalue weighted by Crippen LogP contribution is 2.12. The predicted octanol–water partition coefficient (Wildman–Crippen LogP) is 2.19. The van der Waals surface area contributed by atoms with E-state index in [1.807, 2.05) is 12.1 Å². The third-order valence-corrected chi connectivity index (χ3v) is 3.10. The van der Waals surface area contributed by atoms with E-state index < -0.39 is 0 Å². The first-order valence-electron chi connectivity index (χ1n) is 5.57. The molecule has 17 heavy (non-hydrogen) atoms. The maximum absolute atomic E-state index is 11.5. The van der Waals surface area contributed by atoms with Crippen LogP contribution in [-0.2, 0) is 9.53 Å². The second-order valence-corrected chi connectivity index (χ2v) is 4.92. The molecule has 1 aliphatic rings. The molecule has 92 valence electrons. The average Bonchev–Trinajstić information content (AvgIpc) is 2.95. The van der Waals surface area contributed by atoms with Crippen molar-refractivity contribution in [3.63, 3.8) is 0 Å². The Labute approximate surface area is 114 Å². The Bertz CT molecular complexity index is 408. The molecular weight excluding hydrogens is 333 g/mol. The average molecular weight is 347 g/mol. The molecule has 2 heterocycles. The number of carbonyl (C=O) groups is 1. The lowest BCUT2D eigenvalue weighted by Gasteiger charge is -2.08. The number of nitrogens with one attached hydrogen (secondary N) is 1. The molecular formula is C12H14INO3. The Morgan fingerprint density at radius 1 is 1.59 bits per heavy atom. The van der Waals surface area contributed by atoms with Crippen molar-refractivity contribution in [3.8, 4) is 0 Å². The second kappa shape index (κ2) is 6.20. The van der Waals surface area contributed by atoms with E-state index in [2.05, 4.69) is 27.9 Å². The molecule has 1 aliphatic heterocycles. The summed E-state index contributed by atoms with van der Waals surface area (Å²) in [5.41, 5.74) is 0. The molecule has 0 spiro atoms. The predicted molar refractivity (Wildman–Crippen MR) is 72.4 cm³/mol. The van der Waals surface area contributed by atoms with Crippen LogP contribution < -0.4 is 5.32 Å². The molecule has 0 aromatic carbocycles. The van der Waals surface area contributed by atoms with Crippen molar-refractivity contribution in [2.75, 3.05) is 13.2 Å². The van der Waals surface area contributed by atoms with Crippen LogP contribution >= 0.6 is 22.6 Å². The zero-order chi connectivity index (χ0) is 12.1. The van der Waals surface area contributed by atoms with Gasteiger partial charge in [0, 0.05) is 19.2 Å². The first kappa shape index (κ1) is 12.6. The lowest BCUT2D eigenvalue weighted by molar-refractivity contribution is -0.116. The molecule has 1 N–H and O–H groups in total. The summed E-state index contributed by atoms with van der Waals surface area (Å²) in [5, 5.41) is 2.81. The van der Waals surface area contributed by atoms with Crippen LogP contribution in [0.5, 0.6) is 0 Å². The largest absolute Gasteiger partial charge is 0.451 e. The highest BCUT2D eigenvalue weighted by atomic mass is 127. The van der Waals surface area contributed by atoms with Crippen LogP contribution in [0, 0.1) is 3.77 Å². The Kier molecular flexibility index (Phi) is 4.61. The van der Waals surface area contributed by atoms with Gasteiger partial charge >= 0.3 is 0 Å². The number of ether oxygens (including phenoxy) is 1. The molecule has 1 atom stereocenters. The maximum atomic E-state index is 11.5. The Morgan fingerprint density at radius 3 is 3.12 bits per heavy atom. The summed E-state index contributed by atoms with van der Waals surface area (Å²) in [7, 11) is 0. The molecule has 1 fully saturated rings. The van der Waals surface area contributed by atoms with Crippen LogP contribution in [0.4, 0.5) is 0 Å². The molecule has 1 aromatic rings. The van der Waals surface area contributed by atoms with Crippen molar-refractivity contribution in [3.05, 3.63) is 27.7 Å². The van der Waals surface area contributed by atoms with Gasteiger partial charge in [0.05, 0.1) is 6.10 Å². The molecule has 2 rings (SSSR count). The molecule has 0 saturated carbocycles. The summed E-state index contributed by atoms with van der Waals surface area (Å²) >= 11 is 2.08. The van der Waals surface area contributed by atoms with Gasteiger partial charge in [0.2, 0.25) is 5.91 Å². The first-order valence-corrected chi connectivity index (χ1v) is 6.65. The van der Waals surface area contributed by atoms with E-state index in [-0.39, 0.29) is 12.0 Å². The molecule has 5 heteroatoms. The minimum Gasteiger partial charge on any atom is -0.451 e. The van der Waals surface area contributed by atoms with Crippen molar-refractivity contribution >= 4 is 34.6 Å². The molecule has 1 saturated heterocycles. The number of rotatable bonds is 4. The second-order valence-electron chi connectivity index (χ2n) is 3.86. The van der Waals surface area contributed by atoms with E-state index in [0.717, 1.165) is 23.2 Å². The molecule has 1 aromatic heterocycles. The lowest BCUT2D eigenvalue weighted by atomic mass is 10.2. The third kappa shape index (κ3) is 4.16. The van der Waals surface area contributed by atoms with Crippen LogP contribution in [0.2, 0.25) is 0 Å². The highest BCUT2D eigenvalue weighted by molar-refractivity contribution is 14.1. The standard InChI is InChI=1S/C12H14INO3/c13-11-5-3-9(17-11)4-6-12(15)14-8-10-2-1-7-16-10/h3-6,10H,1-2,7-8H2,(H,14,15). The zero-order valence-electron chi connectivity index (χ0n) is 9.32. The maximum Gasteiger partial charge on any atom is 0.244 e. The summed E-state index contributed by atoms with van der Waals surface area (Å²) in [6.45, 7) is 1.39. The topological polar surface area (TPSA) is 51.5 Å². The van der Waals surface area contributed by atoms with Crippen LogP contribution in [0.1, 0.15) is 18.6 Å². The van der Waals surface area contributed by atoms with Crippen LogP contribution in [-0.4, -0.2) is 25.2 Å². The monoisotopic (exact) mass is 347 g/mol. The number of carbonyl (C=O) groups excluding carboxylic acids is 1. The van der Waals surface area contributed by atoms with Gasteiger partial charge in [-0.25, -0.2) is 0 Å². The van der Waals surface area contributed by atoms with Gasteiger partial charge in [-0.15, -0.1) is 0 Å². The molecule has 1 unspecified atom stereocenters. The van der Waals surface area contributed by atoms with E-state index >= 15 is 0 Å². The smallest absolute Gasteiger partial charge is 0.244 e. The minimum atomic E-state index is -0.119. The SMILES string of the molecule is O=C(C=Cc1ccc(I)o1)NCC1CCCO1. The quantitative estimate of drug-likeness (QED) is 0.671. The van der Waals surface area contributed by atoms with Gasteiger partial charge in [0.1, 0.15) is 5.76 Å². The van der Waals surface area contributed by atoms with Gasteiger partial charge in [0.25, 0.3) is 0 Å². The van der Waals surface area contributed by atoms with Crippen LogP contribution in [0.15, 0.2) is 22.6 Å². The number of furan rings is 1. The van der Waals surface area contributed by atoms with Gasteiger partial charge in [-0.1, -0.05) is 0 Å². The summed E-state index contributed by atoms with van der Waals surface area (Å²) in [6.07, 6.45) is 5.43. The van der Waals surface area contributed by atoms with Crippen LogP contribution in [0.25, 0.3) is 6.08 Å². The van der Waals surface area contributed by atoms with Gasteiger partial charge in [-0.3, -0.25) is 4.79 Å². The van der Waals surface area contributed by atoms with Gasteiger partial charge in [-0.2, -0.15) is 0 Å². The van der Waals surface area contributed by atoms with Crippen molar-refractivity contribution < 1.29 is 13.9 Å². The highest BCUT2D eigenvalue weighted by Gasteiger charge is 2.15. The number of amides is 1. The molecule has 0 bridgehead atoms. The summed E-state index contributed by atoms with van der Waals surface area (Å²) in [6, 6.07) is 3.68. The lowest BCUT2D eigenvalue weighted by Crippen LogP contribution is -2.30. The first-order chi connectivity index (χ1) is 8.24. The Hall–Kier alpha value is -0.820. The number of hydrogen-bond acceptors (Lipinski definition) is 3. The Morgan fingerprint density at radius 2 is 2.47 bits per heavy atom. The minimum absolute atomic E-state index is 0.119. The van der Waals surface area contributed by atoms with E-state index in [1.165, 1.54) is 6.08 Å². The molecule has 4 nitrogen and oxygen atoms in total. The fourth-order valence-corrected chi connectivity index (χ4v) is 2.09. The molecule has 0 aliphatic carbocycles. The summed E-state index contributed by atoms with van der Waals surface area (Å²) < 4.78 is 11.5. The van der Waals surface area contributed by atoms with Gasteiger partial charge in [0.15, 0.2) is 3.77 Å². The van der Waals surface area contributed by atoms with Gasteiger partial charge < -0.3 is 14.5 Å². The molecule has 1 amide bonds. The van der Waals surface area contributed by atoms with E-state index in [4.69, 9.17) is 9.15 Å². The van der Waals surface area contributed by atoms with Crippen molar-refractivity contribution in [2.24, 2.45) is 0 Å².